The summed E-state index contributed by atoms with van der Waals surface area (Å²) < 4.78 is 6.63. The molecule has 10 heteroatoms. The number of hydrogen-bond donors (Lipinski definition) is 1. The lowest BCUT2D eigenvalue weighted by Crippen LogP contribution is -2.21. The summed E-state index contributed by atoms with van der Waals surface area (Å²) in [6, 6.07) is 12.9. The molecule has 29 heavy (non-hydrogen) atoms. The van der Waals surface area contributed by atoms with Crippen LogP contribution in [0, 0.1) is 17.0 Å². The fourth-order valence-corrected chi connectivity index (χ4v) is 2.78. The van der Waals surface area contributed by atoms with Gasteiger partial charge in [0.15, 0.2) is 6.61 Å². The van der Waals surface area contributed by atoms with Crippen LogP contribution in [0.3, 0.4) is 0 Å². The van der Waals surface area contributed by atoms with E-state index >= 15 is 0 Å². The van der Waals surface area contributed by atoms with Gasteiger partial charge in [-0.05, 0) is 25.1 Å². The van der Waals surface area contributed by atoms with Gasteiger partial charge >= 0.3 is 5.97 Å². The number of esters is 1. The maximum absolute atomic E-state index is 12.3. The van der Waals surface area contributed by atoms with Gasteiger partial charge in [0.2, 0.25) is 0 Å². The summed E-state index contributed by atoms with van der Waals surface area (Å²) >= 11 is 5.92. The summed E-state index contributed by atoms with van der Waals surface area (Å²) in [5, 5.41) is 17.3. The van der Waals surface area contributed by atoms with Crippen LogP contribution in [0.25, 0.3) is 5.69 Å². The zero-order chi connectivity index (χ0) is 21.0. The molecule has 0 radical (unpaired) electrons. The van der Waals surface area contributed by atoms with E-state index in [1.54, 1.807) is 11.6 Å². The molecule has 0 saturated carbocycles. The monoisotopic (exact) mass is 414 g/mol. The highest BCUT2D eigenvalue weighted by Gasteiger charge is 2.18. The summed E-state index contributed by atoms with van der Waals surface area (Å²) in [4.78, 5) is 34.4. The van der Waals surface area contributed by atoms with E-state index in [1.807, 2.05) is 30.3 Å². The maximum Gasteiger partial charge on any atom is 0.342 e. The van der Waals surface area contributed by atoms with Gasteiger partial charge in [-0.3, -0.25) is 14.9 Å². The number of halogens is 1. The number of nitrogens with zero attached hydrogens (tertiary/aromatic N) is 3. The quantitative estimate of drug-likeness (QED) is 0.374. The molecule has 0 bridgehead atoms. The SMILES string of the molecule is Cc1c(C(=O)OCC(=O)Nc2ccc([N+](=O)[O-])cc2Cl)cnn1-c1ccccc1. The van der Waals surface area contributed by atoms with Crippen LogP contribution in [-0.2, 0) is 9.53 Å². The van der Waals surface area contributed by atoms with E-state index < -0.39 is 23.4 Å². The van der Waals surface area contributed by atoms with Crippen molar-refractivity contribution in [1.29, 1.82) is 0 Å². The zero-order valence-corrected chi connectivity index (χ0v) is 15.9. The van der Waals surface area contributed by atoms with Crippen LogP contribution >= 0.6 is 11.6 Å². The third kappa shape index (κ3) is 4.58. The Balaban J connectivity index is 1.62. The maximum atomic E-state index is 12.3. The molecule has 1 N–H and O–H groups in total. The average molecular weight is 415 g/mol. The Bertz CT molecular complexity index is 1080. The van der Waals surface area contributed by atoms with Crippen molar-refractivity contribution in [2.24, 2.45) is 0 Å². The highest BCUT2D eigenvalue weighted by atomic mass is 35.5. The van der Waals surface area contributed by atoms with Crippen molar-refractivity contribution in [3.05, 3.63) is 81.1 Å². The molecule has 0 unspecified atom stereocenters. The number of benzene rings is 2. The Hall–Kier alpha value is -3.72. The van der Waals surface area contributed by atoms with Crippen molar-refractivity contribution in [3.8, 4) is 5.69 Å². The first-order chi connectivity index (χ1) is 13.9. The van der Waals surface area contributed by atoms with E-state index in [9.17, 15) is 19.7 Å². The van der Waals surface area contributed by atoms with Crippen LogP contribution in [0.5, 0.6) is 0 Å². The molecule has 9 nitrogen and oxygen atoms in total. The summed E-state index contributed by atoms with van der Waals surface area (Å²) in [6.45, 7) is 1.16. The zero-order valence-electron chi connectivity index (χ0n) is 15.2. The number of carbonyl (C=O) groups excluding carboxylic acids is 2. The Kier molecular flexibility index (Phi) is 5.89. The molecule has 0 saturated heterocycles. The first-order valence-corrected chi connectivity index (χ1v) is 8.75. The molecule has 1 amide bonds. The summed E-state index contributed by atoms with van der Waals surface area (Å²) in [7, 11) is 0. The number of hydrogen-bond acceptors (Lipinski definition) is 6. The molecule has 3 aromatic rings. The lowest BCUT2D eigenvalue weighted by atomic mass is 10.2. The molecule has 0 atom stereocenters. The molecule has 0 spiro atoms. The predicted octanol–water partition coefficient (Wildman–Crippen LogP) is 3.54. The lowest BCUT2D eigenvalue weighted by Gasteiger charge is -2.08. The van der Waals surface area contributed by atoms with Gasteiger partial charge in [0, 0.05) is 12.1 Å². The highest BCUT2D eigenvalue weighted by Crippen LogP contribution is 2.26. The van der Waals surface area contributed by atoms with Crippen molar-refractivity contribution in [2.45, 2.75) is 6.92 Å². The topological polar surface area (TPSA) is 116 Å². The number of aromatic nitrogens is 2. The van der Waals surface area contributed by atoms with Gasteiger partial charge in [-0.15, -0.1) is 0 Å². The molecular weight excluding hydrogens is 400 g/mol. The smallest absolute Gasteiger partial charge is 0.342 e. The molecule has 3 rings (SSSR count). The van der Waals surface area contributed by atoms with Gasteiger partial charge in [0.1, 0.15) is 5.56 Å². The number of rotatable bonds is 6. The van der Waals surface area contributed by atoms with E-state index in [4.69, 9.17) is 16.3 Å². The third-order valence-electron chi connectivity index (χ3n) is 4.00. The van der Waals surface area contributed by atoms with Gasteiger partial charge in [0.05, 0.1) is 33.2 Å². The fraction of sp³-hybridized carbons (Fsp3) is 0.105. The highest BCUT2D eigenvalue weighted by molar-refractivity contribution is 6.34. The summed E-state index contributed by atoms with van der Waals surface area (Å²) in [5.41, 5.74) is 1.56. The molecule has 0 aliphatic carbocycles. The minimum absolute atomic E-state index is 0.00106. The molecule has 2 aromatic carbocycles. The number of nitrogens with one attached hydrogen (secondary N) is 1. The average Bonchev–Trinajstić information content (AvgIpc) is 3.09. The van der Waals surface area contributed by atoms with Crippen LogP contribution in [0.4, 0.5) is 11.4 Å². The van der Waals surface area contributed by atoms with Crippen molar-refractivity contribution in [1.82, 2.24) is 9.78 Å². The minimum Gasteiger partial charge on any atom is -0.452 e. The molecule has 0 aliphatic heterocycles. The second-order valence-corrected chi connectivity index (χ2v) is 6.34. The second-order valence-electron chi connectivity index (χ2n) is 5.94. The van der Waals surface area contributed by atoms with Crippen molar-refractivity contribution < 1.29 is 19.2 Å². The molecule has 0 fully saturated rings. The lowest BCUT2D eigenvalue weighted by molar-refractivity contribution is -0.384. The van der Waals surface area contributed by atoms with Gasteiger partial charge in [-0.2, -0.15) is 5.10 Å². The number of carbonyl (C=O) groups is 2. The van der Waals surface area contributed by atoms with Gasteiger partial charge < -0.3 is 10.1 Å². The van der Waals surface area contributed by atoms with Gasteiger partial charge in [-0.1, -0.05) is 29.8 Å². The first-order valence-electron chi connectivity index (χ1n) is 8.38. The molecule has 0 aliphatic rings. The Morgan fingerprint density at radius 2 is 1.97 bits per heavy atom. The van der Waals surface area contributed by atoms with Crippen molar-refractivity contribution in [3.63, 3.8) is 0 Å². The number of anilines is 1. The van der Waals surface area contributed by atoms with E-state index in [0.717, 1.165) is 11.8 Å². The van der Waals surface area contributed by atoms with Crippen LogP contribution in [0.2, 0.25) is 5.02 Å². The number of nitro benzene ring substituents is 1. The Labute approximate surface area is 170 Å². The minimum atomic E-state index is -0.699. The number of para-hydroxylation sites is 1. The van der Waals surface area contributed by atoms with E-state index in [-0.39, 0.29) is 22.0 Å². The van der Waals surface area contributed by atoms with Crippen LogP contribution in [-0.4, -0.2) is 33.2 Å². The van der Waals surface area contributed by atoms with Crippen molar-refractivity contribution >= 4 is 34.9 Å². The Morgan fingerprint density at radius 3 is 2.62 bits per heavy atom. The summed E-state index contributed by atoms with van der Waals surface area (Å²) in [5.74, 6) is -1.34. The molecule has 148 valence electrons. The van der Waals surface area contributed by atoms with Crippen LogP contribution < -0.4 is 5.32 Å². The molecule has 1 heterocycles. The largest absolute Gasteiger partial charge is 0.452 e. The van der Waals surface area contributed by atoms with Gasteiger partial charge in [-0.25, -0.2) is 9.48 Å². The summed E-state index contributed by atoms with van der Waals surface area (Å²) in [6.07, 6.45) is 1.37. The van der Waals surface area contributed by atoms with E-state index in [1.165, 1.54) is 18.3 Å². The number of ether oxygens (including phenoxy) is 1. The normalized spacial score (nSPS) is 10.4. The van der Waals surface area contributed by atoms with E-state index in [2.05, 4.69) is 10.4 Å². The van der Waals surface area contributed by atoms with Crippen molar-refractivity contribution in [2.75, 3.05) is 11.9 Å². The van der Waals surface area contributed by atoms with Crippen LogP contribution in [0.1, 0.15) is 16.1 Å². The fourth-order valence-electron chi connectivity index (χ4n) is 2.55. The predicted molar refractivity (Wildman–Crippen MR) is 105 cm³/mol. The number of non-ortho nitro benzene ring substituents is 1. The number of amides is 1. The van der Waals surface area contributed by atoms with E-state index in [0.29, 0.717) is 5.69 Å². The van der Waals surface area contributed by atoms with Crippen LogP contribution in [0.15, 0.2) is 54.7 Å². The second kappa shape index (κ2) is 8.53. The third-order valence-corrected chi connectivity index (χ3v) is 4.32. The Morgan fingerprint density at radius 1 is 1.24 bits per heavy atom. The van der Waals surface area contributed by atoms with Gasteiger partial charge in [0.25, 0.3) is 11.6 Å². The molecular formula is C19H15ClN4O5. The standard InChI is InChI=1S/C19H15ClN4O5/c1-12-15(10-21-23(12)13-5-3-2-4-6-13)19(26)29-11-18(25)22-17-8-7-14(24(27)28)9-16(17)20/h2-10H,11H2,1H3,(H,22,25). The first kappa shape index (κ1) is 20.0. The molecule has 1 aromatic heterocycles. The number of nitro groups is 1.